The lowest BCUT2D eigenvalue weighted by atomic mass is 9.73. The van der Waals surface area contributed by atoms with Gasteiger partial charge >= 0.3 is 0 Å². The molecule has 2 atom stereocenters. The normalized spacial score (nSPS) is 26.0. The lowest BCUT2D eigenvalue weighted by Crippen LogP contribution is -2.39. The molecule has 1 aliphatic rings. The molecule has 3 nitrogen and oxygen atoms in total. The molecule has 0 aliphatic carbocycles. The lowest BCUT2D eigenvalue weighted by Gasteiger charge is -2.28. The molecule has 98 valence electrons. The van der Waals surface area contributed by atoms with E-state index in [1.54, 1.807) is 0 Å². The number of Topliss-reactive ketones (excluding diaryl/α,β-unsaturated/α-hetero) is 2. The fraction of sp³-hybridized carbons (Fsp3) is 0.857. The summed E-state index contributed by atoms with van der Waals surface area (Å²) < 4.78 is 0. The molecule has 0 unspecified atom stereocenters. The van der Waals surface area contributed by atoms with E-state index in [2.05, 4.69) is 5.32 Å². The van der Waals surface area contributed by atoms with Crippen molar-refractivity contribution in [1.82, 2.24) is 5.32 Å². The molecule has 1 fully saturated rings. The Labute approximate surface area is 104 Å². The summed E-state index contributed by atoms with van der Waals surface area (Å²) in [4.78, 5) is 24.6. The third kappa shape index (κ3) is 3.15. The number of hydrogen-bond acceptors (Lipinski definition) is 3. The van der Waals surface area contributed by atoms with Gasteiger partial charge in [0.15, 0.2) is 0 Å². The van der Waals surface area contributed by atoms with Crippen molar-refractivity contribution in [2.24, 2.45) is 22.7 Å². The Morgan fingerprint density at radius 1 is 0.824 bits per heavy atom. The van der Waals surface area contributed by atoms with E-state index in [0.29, 0.717) is 13.1 Å². The van der Waals surface area contributed by atoms with Crippen LogP contribution in [0.1, 0.15) is 41.5 Å². The van der Waals surface area contributed by atoms with Crippen LogP contribution in [0, 0.1) is 22.7 Å². The molecule has 17 heavy (non-hydrogen) atoms. The van der Waals surface area contributed by atoms with Crippen molar-refractivity contribution in [2.75, 3.05) is 13.1 Å². The summed E-state index contributed by atoms with van der Waals surface area (Å²) in [7, 11) is 0. The van der Waals surface area contributed by atoms with Crippen LogP contribution in [0.5, 0.6) is 0 Å². The van der Waals surface area contributed by atoms with E-state index in [9.17, 15) is 9.59 Å². The molecule has 1 N–H and O–H groups in total. The summed E-state index contributed by atoms with van der Waals surface area (Å²) >= 11 is 0. The summed E-state index contributed by atoms with van der Waals surface area (Å²) in [6, 6.07) is 0. The molecular formula is C14H25NO2. The van der Waals surface area contributed by atoms with Crippen LogP contribution in [0.4, 0.5) is 0 Å². The van der Waals surface area contributed by atoms with Gasteiger partial charge in [0.1, 0.15) is 11.6 Å². The SMILES string of the molecule is CC(C)(C)C(=O)[C@H]1CNC[C@@H]1C(=O)C(C)(C)C. The predicted molar refractivity (Wildman–Crippen MR) is 68.8 cm³/mol. The first-order chi connectivity index (χ1) is 7.55. The van der Waals surface area contributed by atoms with E-state index < -0.39 is 0 Å². The minimum absolute atomic E-state index is 0.151. The average Bonchev–Trinajstić information content (AvgIpc) is 2.60. The Morgan fingerprint density at radius 3 is 1.35 bits per heavy atom. The summed E-state index contributed by atoms with van der Waals surface area (Å²) in [6.07, 6.45) is 0. The van der Waals surface area contributed by atoms with Crippen LogP contribution in [0.2, 0.25) is 0 Å². The number of carbonyl (C=O) groups is 2. The number of nitrogens with one attached hydrogen (secondary N) is 1. The second-order valence-corrected chi connectivity index (χ2v) is 7.10. The van der Waals surface area contributed by atoms with E-state index in [1.807, 2.05) is 41.5 Å². The van der Waals surface area contributed by atoms with Crippen LogP contribution in [0.3, 0.4) is 0 Å². The van der Waals surface area contributed by atoms with Crippen LogP contribution in [-0.4, -0.2) is 24.7 Å². The van der Waals surface area contributed by atoms with Crippen LogP contribution >= 0.6 is 0 Å². The van der Waals surface area contributed by atoms with Crippen molar-refractivity contribution in [2.45, 2.75) is 41.5 Å². The Hall–Kier alpha value is -0.700. The highest BCUT2D eigenvalue weighted by Gasteiger charge is 2.44. The molecule has 3 heteroatoms. The van der Waals surface area contributed by atoms with Gasteiger partial charge in [-0.3, -0.25) is 9.59 Å². The van der Waals surface area contributed by atoms with Gasteiger partial charge in [0, 0.05) is 35.8 Å². The van der Waals surface area contributed by atoms with Gasteiger partial charge < -0.3 is 5.32 Å². The van der Waals surface area contributed by atoms with Crippen LogP contribution in [-0.2, 0) is 9.59 Å². The molecule has 0 bridgehead atoms. The van der Waals surface area contributed by atoms with Crippen molar-refractivity contribution >= 4 is 11.6 Å². The largest absolute Gasteiger partial charge is 0.315 e. The summed E-state index contributed by atoms with van der Waals surface area (Å²) in [5.41, 5.74) is -0.736. The van der Waals surface area contributed by atoms with Crippen molar-refractivity contribution in [1.29, 1.82) is 0 Å². The van der Waals surface area contributed by atoms with Gasteiger partial charge in [-0.15, -0.1) is 0 Å². The summed E-state index contributed by atoms with van der Waals surface area (Å²) in [6.45, 7) is 12.8. The van der Waals surface area contributed by atoms with Crippen LogP contribution < -0.4 is 5.32 Å². The first-order valence-electron chi connectivity index (χ1n) is 6.34. The smallest absolute Gasteiger partial charge is 0.143 e. The minimum Gasteiger partial charge on any atom is -0.315 e. The fourth-order valence-corrected chi connectivity index (χ4v) is 2.34. The maximum Gasteiger partial charge on any atom is 0.143 e. The first-order valence-corrected chi connectivity index (χ1v) is 6.34. The zero-order valence-electron chi connectivity index (χ0n) is 11.9. The molecule has 0 spiro atoms. The Morgan fingerprint density at radius 2 is 1.12 bits per heavy atom. The Balaban J connectivity index is 2.88. The minimum atomic E-state index is -0.368. The molecule has 0 aromatic rings. The molecule has 0 radical (unpaired) electrons. The van der Waals surface area contributed by atoms with Gasteiger partial charge in [-0.05, 0) is 0 Å². The molecule has 0 aromatic carbocycles. The van der Waals surface area contributed by atoms with Crippen molar-refractivity contribution in [3.05, 3.63) is 0 Å². The van der Waals surface area contributed by atoms with Gasteiger partial charge in [-0.1, -0.05) is 41.5 Å². The number of ketones is 2. The number of rotatable bonds is 2. The highest BCUT2D eigenvalue weighted by atomic mass is 16.1. The van der Waals surface area contributed by atoms with Crippen molar-refractivity contribution in [3.8, 4) is 0 Å². The quantitative estimate of drug-likeness (QED) is 0.802. The van der Waals surface area contributed by atoms with Gasteiger partial charge in [0.2, 0.25) is 0 Å². The topological polar surface area (TPSA) is 46.2 Å². The highest BCUT2D eigenvalue weighted by Crippen LogP contribution is 2.32. The van der Waals surface area contributed by atoms with Crippen molar-refractivity contribution in [3.63, 3.8) is 0 Å². The molecule has 1 saturated heterocycles. The number of hydrogen-bond donors (Lipinski definition) is 1. The molecule has 1 rings (SSSR count). The number of carbonyl (C=O) groups excluding carboxylic acids is 2. The zero-order valence-corrected chi connectivity index (χ0v) is 11.9. The van der Waals surface area contributed by atoms with Gasteiger partial charge in [0.05, 0.1) is 0 Å². The van der Waals surface area contributed by atoms with E-state index in [-0.39, 0.29) is 34.2 Å². The van der Waals surface area contributed by atoms with E-state index in [4.69, 9.17) is 0 Å². The van der Waals surface area contributed by atoms with Gasteiger partial charge in [-0.25, -0.2) is 0 Å². The molecule has 1 heterocycles. The second-order valence-electron chi connectivity index (χ2n) is 7.10. The molecule has 0 amide bonds. The molecule has 0 aromatic heterocycles. The van der Waals surface area contributed by atoms with Crippen molar-refractivity contribution < 1.29 is 9.59 Å². The van der Waals surface area contributed by atoms with Crippen LogP contribution in [0.15, 0.2) is 0 Å². The van der Waals surface area contributed by atoms with E-state index >= 15 is 0 Å². The first kappa shape index (κ1) is 14.4. The van der Waals surface area contributed by atoms with Gasteiger partial charge in [-0.2, -0.15) is 0 Å². The fourth-order valence-electron chi connectivity index (χ4n) is 2.34. The summed E-state index contributed by atoms with van der Waals surface area (Å²) in [5.74, 6) is 0.0960. The zero-order chi connectivity index (χ0) is 13.4. The monoisotopic (exact) mass is 239 g/mol. The van der Waals surface area contributed by atoms with Crippen LogP contribution in [0.25, 0.3) is 0 Å². The molecule has 0 saturated carbocycles. The molecule has 1 aliphatic heterocycles. The second kappa shape index (κ2) is 4.52. The Bertz CT molecular complexity index is 288. The highest BCUT2D eigenvalue weighted by molar-refractivity contribution is 5.95. The summed E-state index contributed by atoms with van der Waals surface area (Å²) in [5, 5.41) is 3.19. The lowest BCUT2D eigenvalue weighted by molar-refractivity contribution is -0.138. The maximum absolute atomic E-state index is 12.3. The molecular weight excluding hydrogens is 214 g/mol. The third-order valence-electron chi connectivity index (χ3n) is 3.37. The van der Waals surface area contributed by atoms with Gasteiger partial charge in [0.25, 0.3) is 0 Å². The van der Waals surface area contributed by atoms with E-state index in [1.165, 1.54) is 0 Å². The third-order valence-corrected chi connectivity index (χ3v) is 3.37. The maximum atomic E-state index is 12.3. The standard InChI is InChI=1S/C14H25NO2/c1-13(2,3)11(16)9-7-15-8-10(9)12(17)14(4,5)6/h9-10,15H,7-8H2,1-6H3/t9-,10-/m0/s1. The van der Waals surface area contributed by atoms with E-state index in [0.717, 1.165) is 0 Å². The predicted octanol–water partition coefficient (Wildman–Crippen LogP) is 2.05. The average molecular weight is 239 g/mol. The Kier molecular flexibility index (Phi) is 3.82.